The summed E-state index contributed by atoms with van der Waals surface area (Å²) in [6.45, 7) is 0. The molecule has 2 N–H and O–H groups in total. The van der Waals surface area contributed by atoms with Crippen LogP contribution in [0.2, 0.25) is 5.02 Å². The molecule has 2 rings (SSSR count). The first-order valence-corrected chi connectivity index (χ1v) is 4.97. The fourth-order valence-electron chi connectivity index (χ4n) is 1.49. The second kappa shape index (κ2) is 4.10. The maximum absolute atomic E-state index is 13.2. The molecule has 0 aliphatic carbocycles. The fourth-order valence-corrected chi connectivity index (χ4v) is 1.72. The molecular formula is C12H8ClF2N. The van der Waals surface area contributed by atoms with Crippen LogP contribution in [0.4, 0.5) is 14.5 Å². The Morgan fingerprint density at radius 1 is 1.00 bits per heavy atom. The lowest BCUT2D eigenvalue weighted by Gasteiger charge is -2.08. The number of rotatable bonds is 1. The van der Waals surface area contributed by atoms with Crippen molar-refractivity contribution < 1.29 is 8.78 Å². The van der Waals surface area contributed by atoms with Gasteiger partial charge in [-0.1, -0.05) is 29.8 Å². The van der Waals surface area contributed by atoms with Crippen molar-refractivity contribution >= 4 is 17.3 Å². The number of nitrogen functional groups attached to an aromatic ring is 1. The van der Waals surface area contributed by atoms with Crippen molar-refractivity contribution in [1.82, 2.24) is 0 Å². The maximum atomic E-state index is 13.2. The SMILES string of the molecule is Nc1c(F)cc(F)cc1-c1ccccc1Cl. The average Bonchev–Trinajstić information content (AvgIpc) is 2.24. The molecular weight excluding hydrogens is 232 g/mol. The number of hydrogen-bond donors (Lipinski definition) is 1. The van der Waals surface area contributed by atoms with Gasteiger partial charge in [-0.25, -0.2) is 8.78 Å². The molecule has 4 heteroatoms. The Kier molecular flexibility index (Phi) is 2.79. The summed E-state index contributed by atoms with van der Waals surface area (Å²) in [6.07, 6.45) is 0. The van der Waals surface area contributed by atoms with Crippen LogP contribution in [-0.4, -0.2) is 0 Å². The molecule has 0 aliphatic heterocycles. The second-order valence-electron chi connectivity index (χ2n) is 3.33. The van der Waals surface area contributed by atoms with Crippen LogP contribution in [-0.2, 0) is 0 Å². The topological polar surface area (TPSA) is 26.0 Å². The van der Waals surface area contributed by atoms with E-state index in [1.54, 1.807) is 24.3 Å². The number of nitrogens with two attached hydrogens (primary N) is 1. The van der Waals surface area contributed by atoms with Gasteiger partial charge in [-0.2, -0.15) is 0 Å². The highest BCUT2D eigenvalue weighted by molar-refractivity contribution is 6.33. The molecule has 82 valence electrons. The predicted molar refractivity (Wildman–Crippen MR) is 61.2 cm³/mol. The summed E-state index contributed by atoms with van der Waals surface area (Å²) in [4.78, 5) is 0. The molecule has 1 nitrogen and oxygen atoms in total. The van der Waals surface area contributed by atoms with Gasteiger partial charge < -0.3 is 5.73 Å². The van der Waals surface area contributed by atoms with Crippen molar-refractivity contribution in [2.75, 3.05) is 5.73 Å². The molecule has 2 aromatic rings. The molecule has 0 atom stereocenters. The molecule has 0 saturated heterocycles. The fraction of sp³-hybridized carbons (Fsp3) is 0. The van der Waals surface area contributed by atoms with Crippen LogP contribution in [0.15, 0.2) is 36.4 Å². The average molecular weight is 240 g/mol. The van der Waals surface area contributed by atoms with Gasteiger partial charge in [0, 0.05) is 22.2 Å². The summed E-state index contributed by atoms with van der Waals surface area (Å²) in [6, 6.07) is 8.67. The summed E-state index contributed by atoms with van der Waals surface area (Å²) in [5.41, 5.74) is 6.23. The van der Waals surface area contributed by atoms with Gasteiger partial charge in [0.2, 0.25) is 0 Å². The van der Waals surface area contributed by atoms with Crippen LogP contribution in [0.1, 0.15) is 0 Å². The van der Waals surface area contributed by atoms with E-state index >= 15 is 0 Å². The zero-order valence-corrected chi connectivity index (χ0v) is 8.93. The van der Waals surface area contributed by atoms with E-state index in [2.05, 4.69) is 0 Å². The van der Waals surface area contributed by atoms with Gasteiger partial charge in [0.1, 0.15) is 11.6 Å². The minimum absolute atomic E-state index is 0.102. The summed E-state index contributed by atoms with van der Waals surface area (Å²) in [7, 11) is 0. The molecule has 0 aliphatic rings. The van der Waals surface area contributed by atoms with Crippen molar-refractivity contribution in [3.05, 3.63) is 53.1 Å². The maximum Gasteiger partial charge on any atom is 0.149 e. The van der Waals surface area contributed by atoms with E-state index < -0.39 is 11.6 Å². The van der Waals surface area contributed by atoms with Crippen molar-refractivity contribution in [1.29, 1.82) is 0 Å². The molecule has 0 bridgehead atoms. The standard InChI is InChI=1S/C12H8ClF2N/c13-10-4-2-1-3-8(10)9-5-7(14)6-11(15)12(9)16/h1-6H,16H2. The molecule has 0 radical (unpaired) electrons. The Morgan fingerprint density at radius 2 is 1.69 bits per heavy atom. The Labute approximate surface area is 96.5 Å². The molecule has 0 aromatic heterocycles. The third-order valence-corrected chi connectivity index (χ3v) is 2.59. The quantitative estimate of drug-likeness (QED) is 0.751. The predicted octanol–water partition coefficient (Wildman–Crippen LogP) is 3.87. The summed E-state index contributed by atoms with van der Waals surface area (Å²) < 4.78 is 26.3. The summed E-state index contributed by atoms with van der Waals surface area (Å²) in [5, 5.41) is 0.402. The first-order chi connectivity index (χ1) is 7.59. The van der Waals surface area contributed by atoms with Crippen molar-refractivity contribution in [2.45, 2.75) is 0 Å². The van der Waals surface area contributed by atoms with E-state index in [1.165, 1.54) is 6.07 Å². The zero-order chi connectivity index (χ0) is 11.7. The Morgan fingerprint density at radius 3 is 2.38 bits per heavy atom. The van der Waals surface area contributed by atoms with Gasteiger partial charge >= 0.3 is 0 Å². The Bertz CT molecular complexity index is 541. The van der Waals surface area contributed by atoms with Gasteiger partial charge in [-0.15, -0.1) is 0 Å². The molecule has 0 saturated carbocycles. The van der Waals surface area contributed by atoms with Gasteiger partial charge in [0.05, 0.1) is 5.69 Å². The highest BCUT2D eigenvalue weighted by Gasteiger charge is 2.12. The molecule has 2 aromatic carbocycles. The molecule has 16 heavy (non-hydrogen) atoms. The van der Waals surface area contributed by atoms with Crippen molar-refractivity contribution in [3.63, 3.8) is 0 Å². The molecule has 0 unspecified atom stereocenters. The minimum atomic E-state index is -0.782. The third kappa shape index (κ3) is 1.86. The third-order valence-electron chi connectivity index (χ3n) is 2.26. The van der Waals surface area contributed by atoms with Crippen LogP contribution in [0.3, 0.4) is 0 Å². The van der Waals surface area contributed by atoms with Crippen LogP contribution in [0, 0.1) is 11.6 Å². The zero-order valence-electron chi connectivity index (χ0n) is 8.18. The van der Waals surface area contributed by atoms with E-state index in [-0.39, 0.29) is 11.3 Å². The monoisotopic (exact) mass is 239 g/mol. The van der Waals surface area contributed by atoms with Gasteiger partial charge in [-0.3, -0.25) is 0 Å². The van der Waals surface area contributed by atoms with Crippen molar-refractivity contribution in [2.24, 2.45) is 0 Å². The van der Waals surface area contributed by atoms with Gasteiger partial charge in [0.15, 0.2) is 0 Å². The molecule has 0 heterocycles. The lowest BCUT2D eigenvalue weighted by atomic mass is 10.0. The smallest absolute Gasteiger partial charge is 0.149 e. The first-order valence-electron chi connectivity index (χ1n) is 4.59. The number of benzene rings is 2. The Hall–Kier alpha value is -1.61. The highest BCUT2D eigenvalue weighted by Crippen LogP contribution is 2.33. The van der Waals surface area contributed by atoms with Crippen LogP contribution in [0.25, 0.3) is 11.1 Å². The van der Waals surface area contributed by atoms with E-state index in [0.29, 0.717) is 10.6 Å². The van der Waals surface area contributed by atoms with Gasteiger partial charge in [-0.05, 0) is 12.1 Å². The van der Waals surface area contributed by atoms with Crippen molar-refractivity contribution in [3.8, 4) is 11.1 Å². The second-order valence-corrected chi connectivity index (χ2v) is 3.74. The van der Waals surface area contributed by atoms with Gasteiger partial charge in [0.25, 0.3) is 0 Å². The van der Waals surface area contributed by atoms with E-state index in [1.807, 2.05) is 0 Å². The lowest BCUT2D eigenvalue weighted by molar-refractivity contribution is 0.587. The number of halogens is 3. The van der Waals surface area contributed by atoms with Crippen LogP contribution < -0.4 is 5.73 Å². The Balaban J connectivity index is 2.69. The molecule has 0 spiro atoms. The van der Waals surface area contributed by atoms with Crippen LogP contribution >= 0.6 is 11.6 Å². The number of hydrogen-bond acceptors (Lipinski definition) is 1. The summed E-state index contributed by atoms with van der Waals surface area (Å²) in [5.74, 6) is -1.46. The highest BCUT2D eigenvalue weighted by atomic mass is 35.5. The lowest BCUT2D eigenvalue weighted by Crippen LogP contribution is -1.96. The van der Waals surface area contributed by atoms with E-state index in [9.17, 15) is 8.78 Å². The van der Waals surface area contributed by atoms with Crippen LogP contribution in [0.5, 0.6) is 0 Å². The van der Waals surface area contributed by atoms with E-state index in [4.69, 9.17) is 17.3 Å². The first kappa shape index (κ1) is 10.9. The minimum Gasteiger partial charge on any atom is -0.396 e. The molecule has 0 amide bonds. The number of anilines is 1. The van der Waals surface area contributed by atoms with E-state index in [0.717, 1.165) is 6.07 Å². The summed E-state index contributed by atoms with van der Waals surface area (Å²) >= 11 is 5.93. The normalized spacial score (nSPS) is 10.4. The molecule has 0 fully saturated rings. The largest absolute Gasteiger partial charge is 0.396 e.